The molecule has 0 aliphatic carbocycles. The molecule has 1 aliphatic rings. The molecule has 0 amide bonds. The third-order valence-electron chi connectivity index (χ3n) is 6.00. The zero-order valence-electron chi connectivity index (χ0n) is 17.1. The lowest BCUT2D eigenvalue weighted by Gasteiger charge is -2.38. The van der Waals surface area contributed by atoms with Gasteiger partial charge >= 0.3 is 0 Å². The fourth-order valence-corrected chi connectivity index (χ4v) is 4.27. The number of aliphatic hydroxyl groups is 1. The highest BCUT2D eigenvalue weighted by Gasteiger charge is 2.38. The predicted molar refractivity (Wildman–Crippen MR) is 118 cm³/mol. The Balaban J connectivity index is 1.60. The molecule has 2 heterocycles. The van der Waals surface area contributed by atoms with Crippen molar-refractivity contribution >= 4 is 16.7 Å². The first-order valence-electron chi connectivity index (χ1n) is 10.2. The SMILES string of the molecule is Cc1nc2c3c(ccc2n1C)C(OCc1ccccc1)C(O)C(c1ccccc1)N3. The molecule has 5 rings (SSSR count). The van der Waals surface area contributed by atoms with Crippen LogP contribution in [0.15, 0.2) is 72.8 Å². The van der Waals surface area contributed by atoms with Gasteiger partial charge in [0.2, 0.25) is 0 Å². The molecule has 0 radical (unpaired) electrons. The minimum atomic E-state index is -0.731. The molecule has 0 spiro atoms. The van der Waals surface area contributed by atoms with Gasteiger partial charge < -0.3 is 19.7 Å². The number of anilines is 1. The highest BCUT2D eigenvalue weighted by atomic mass is 16.5. The first-order chi connectivity index (χ1) is 14.6. The Morgan fingerprint density at radius 2 is 1.70 bits per heavy atom. The van der Waals surface area contributed by atoms with Gasteiger partial charge in [0, 0.05) is 12.6 Å². The van der Waals surface area contributed by atoms with Crippen molar-refractivity contribution in [1.29, 1.82) is 0 Å². The number of imidazole rings is 1. The Hall–Kier alpha value is -3.15. The number of fused-ring (bicyclic) bond motifs is 3. The fraction of sp³-hybridized carbons (Fsp3) is 0.240. The van der Waals surface area contributed by atoms with Crippen molar-refractivity contribution in [2.24, 2.45) is 7.05 Å². The number of ether oxygens (including phenoxy) is 1. The van der Waals surface area contributed by atoms with E-state index in [1.807, 2.05) is 80.7 Å². The van der Waals surface area contributed by atoms with Gasteiger partial charge in [-0.3, -0.25) is 0 Å². The minimum absolute atomic E-state index is 0.285. The highest BCUT2D eigenvalue weighted by Crippen LogP contribution is 2.44. The van der Waals surface area contributed by atoms with E-state index in [4.69, 9.17) is 9.72 Å². The molecule has 0 saturated heterocycles. The number of rotatable bonds is 4. The highest BCUT2D eigenvalue weighted by molar-refractivity contribution is 5.92. The standard InChI is InChI=1S/C25H25N3O2/c1-16-26-23-20(28(16)2)14-13-19-22(23)27-21(18-11-7-4-8-12-18)24(29)25(19)30-15-17-9-5-3-6-10-17/h3-14,21,24-25,27,29H,15H2,1-2H3. The van der Waals surface area contributed by atoms with E-state index in [0.717, 1.165) is 39.2 Å². The Bertz CT molecular complexity index is 1170. The van der Waals surface area contributed by atoms with E-state index in [9.17, 15) is 5.11 Å². The van der Waals surface area contributed by atoms with Crippen LogP contribution in [0.3, 0.4) is 0 Å². The van der Waals surface area contributed by atoms with Crippen LogP contribution in [0.2, 0.25) is 0 Å². The molecule has 30 heavy (non-hydrogen) atoms. The van der Waals surface area contributed by atoms with Crippen molar-refractivity contribution < 1.29 is 9.84 Å². The second kappa shape index (κ2) is 7.59. The van der Waals surface area contributed by atoms with Gasteiger partial charge in [-0.1, -0.05) is 66.7 Å². The summed E-state index contributed by atoms with van der Waals surface area (Å²) < 4.78 is 8.40. The first-order valence-corrected chi connectivity index (χ1v) is 10.2. The van der Waals surface area contributed by atoms with Crippen LogP contribution in [0.4, 0.5) is 5.69 Å². The average molecular weight is 399 g/mol. The van der Waals surface area contributed by atoms with Gasteiger partial charge in [0.1, 0.15) is 23.5 Å². The van der Waals surface area contributed by atoms with E-state index in [2.05, 4.69) is 16.0 Å². The number of nitrogens with one attached hydrogen (secondary N) is 1. The van der Waals surface area contributed by atoms with Crippen LogP contribution in [0, 0.1) is 6.92 Å². The molecule has 4 aromatic rings. The Kier molecular flexibility index (Phi) is 4.77. The molecule has 1 aliphatic heterocycles. The van der Waals surface area contributed by atoms with Gasteiger partial charge in [-0.15, -0.1) is 0 Å². The van der Waals surface area contributed by atoms with Gasteiger partial charge in [-0.2, -0.15) is 0 Å². The topological polar surface area (TPSA) is 59.3 Å². The molecule has 0 bridgehead atoms. The molecule has 5 heteroatoms. The monoisotopic (exact) mass is 399 g/mol. The summed E-state index contributed by atoms with van der Waals surface area (Å²) in [6.45, 7) is 2.44. The summed E-state index contributed by atoms with van der Waals surface area (Å²) in [5.41, 5.74) is 5.95. The van der Waals surface area contributed by atoms with Crippen LogP contribution in [0.5, 0.6) is 0 Å². The van der Waals surface area contributed by atoms with Crippen LogP contribution in [0.1, 0.15) is 34.7 Å². The maximum Gasteiger partial charge on any atom is 0.113 e. The van der Waals surface area contributed by atoms with Gasteiger partial charge in [-0.25, -0.2) is 4.98 Å². The number of aryl methyl sites for hydroxylation is 2. The lowest BCUT2D eigenvalue weighted by atomic mass is 9.88. The molecular formula is C25H25N3O2. The number of aliphatic hydroxyl groups excluding tert-OH is 1. The van der Waals surface area contributed by atoms with Crippen molar-refractivity contribution in [2.45, 2.75) is 31.8 Å². The van der Waals surface area contributed by atoms with Crippen LogP contribution >= 0.6 is 0 Å². The number of aromatic nitrogens is 2. The summed E-state index contributed by atoms with van der Waals surface area (Å²) >= 11 is 0. The largest absolute Gasteiger partial charge is 0.388 e. The Morgan fingerprint density at radius 3 is 2.43 bits per heavy atom. The summed E-state index contributed by atoms with van der Waals surface area (Å²) in [5, 5.41) is 14.9. The maximum atomic E-state index is 11.3. The van der Waals surface area contributed by atoms with Gasteiger partial charge in [0.15, 0.2) is 0 Å². The third-order valence-corrected chi connectivity index (χ3v) is 6.00. The summed E-state index contributed by atoms with van der Waals surface area (Å²) in [6, 6.07) is 23.9. The molecule has 3 atom stereocenters. The van der Waals surface area contributed by atoms with E-state index < -0.39 is 12.2 Å². The Labute approximate surface area is 176 Å². The molecule has 3 unspecified atom stereocenters. The Morgan fingerprint density at radius 1 is 1.00 bits per heavy atom. The number of hydrogen-bond donors (Lipinski definition) is 2. The predicted octanol–water partition coefficient (Wildman–Crippen LogP) is 4.67. The molecule has 2 N–H and O–H groups in total. The molecular weight excluding hydrogens is 374 g/mol. The van der Waals surface area contributed by atoms with E-state index in [1.54, 1.807) is 0 Å². The molecule has 5 nitrogen and oxygen atoms in total. The zero-order chi connectivity index (χ0) is 20.7. The summed E-state index contributed by atoms with van der Waals surface area (Å²) in [6.07, 6.45) is -1.19. The number of benzene rings is 3. The number of hydrogen-bond acceptors (Lipinski definition) is 4. The van der Waals surface area contributed by atoms with Gasteiger partial charge in [-0.05, 0) is 24.1 Å². The molecule has 0 saturated carbocycles. The van der Waals surface area contributed by atoms with E-state index in [1.165, 1.54) is 0 Å². The normalized spacial score (nSPS) is 20.7. The average Bonchev–Trinajstić information content (AvgIpc) is 3.08. The van der Waals surface area contributed by atoms with Crippen LogP contribution in [-0.2, 0) is 18.4 Å². The van der Waals surface area contributed by atoms with E-state index >= 15 is 0 Å². The summed E-state index contributed by atoms with van der Waals surface area (Å²) in [7, 11) is 2.02. The first kappa shape index (κ1) is 18.9. The van der Waals surface area contributed by atoms with Gasteiger partial charge in [0.05, 0.1) is 23.9 Å². The second-order valence-corrected chi connectivity index (χ2v) is 7.86. The smallest absolute Gasteiger partial charge is 0.113 e. The molecule has 0 fully saturated rings. The lowest BCUT2D eigenvalue weighted by Crippen LogP contribution is -2.37. The molecule has 152 valence electrons. The van der Waals surface area contributed by atoms with Crippen LogP contribution in [0.25, 0.3) is 11.0 Å². The van der Waals surface area contributed by atoms with E-state index in [-0.39, 0.29) is 6.04 Å². The maximum absolute atomic E-state index is 11.3. The summed E-state index contributed by atoms with van der Waals surface area (Å²) in [4.78, 5) is 4.80. The lowest BCUT2D eigenvalue weighted by molar-refractivity contribution is -0.0588. The van der Waals surface area contributed by atoms with Crippen LogP contribution < -0.4 is 5.32 Å². The fourth-order valence-electron chi connectivity index (χ4n) is 4.27. The third kappa shape index (κ3) is 3.16. The minimum Gasteiger partial charge on any atom is -0.388 e. The van der Waals surface area contributed by atoms with Crippen molar-refractivity contribution in [1.82, 2.24) is 9.55 Å². The number of nitrogens with zero attached hydrogens (tertiary/aromatic N) is 2. The quantitative estimate of drug-likeness (QED) is 0.524. The van der Waals surface area contributed by atoms with Crippen molar-refractivity contribution in [2.75, 3.05) is 5.32 Å². The van der Waals surface area contributed by atoms with Crippen molar-refractivity contribution in [3.63, 3.8) is 0 Å². The van der Waals surface area contributed by atoms with Gasteiger partial charge in [0.25, 0.3) is 0 Å². The van der Waals surface area contributed by atoms with Crippen LogP contribution in [-0.4, -0.2) is 20.8 Å². The van der Waals surface area contributed by atoms with E-state index in [0.29, 0.717) is 6.61 Å². The second-order valence-electron chi connectivity index (χ2n) is 7.86. The summed E-state index contributed by atoms with van der Waals surface area (Å²) in [5.74, 6) is 0.948. The molecule has 3 aromatic carbocycles. The molecule has 1 aromatic heterocycles. The van der Waals surface area contributed by atoms with Crippen molar-refractivity contribution in [3.8, 4) is 0 Å². The zero-order valence-corrected chi connectivity index (χ0v) is 17.1. The van der Waals surface area contributed by atoms with Crippen molar-refractivity contribution in [3.05, 3.63) is 95.3 Å².